The van der Waals surface area contributed by atoms with E-state index in [2.05, 4.69) is 10.3 Å². The van der Waals surface area contributed by atoms with Crippen LogP contribution >= 0.6 is 11.8 Å². The van der Waals surface area contributed by atoms with E-state index in [1.807, 2.05) is 71.6 Å². The van der Waals surface area contributed by atoms with Gasteiger partial charge in [-0.05, 0) is 60.5 Å². The number of hydrogen-bond acceptors (Lipinski definition) is 6. The summed E-state index contributed by atoms with van der Waals surface area (Å²) in [5, 5.41) is 3.24. The number of amides is 1. The lowest BCUT2D eigenvalue weighted by molar-refractivity contribution is -0.131. The smallest absolute Gasteiger partial charge is 0.240 e. The molecule has 30 heavy (non-hydrogen) atoms. The maximum atomic E-state index is 12.4. The molecule has 0 saturated carbocycles. The minimum absolute atomic E-state index is 0.0275. The molecule has 0 spiro atoms. The molecular formula is C23H24N4O2S. The number of carbonyl (C=O) groups excluding carboxylic acids is 1. The van der Waals surface area contributed by atoms with Crippen molar-refractivity contribution in [1.29, 1.82) is 0 Å². The quantitative estimate of drug-likeness (QED) is 0.601. The molecule has 1 aliphatic heterocycles. The highest BCUT2D eigenvalue weighted by Gasteiger charge is 2.24. The van der Waals surface area contributed by atoms with Gasteiger partial charge in [-0.25, -0.2) is 4.98 Å². The number of nitrogens with two attached hydrogens (primary N) is 1. The van der Waals surface area contributed by atoms with Crippen molar-refractivity contribution in [2.24, 2.45) is 5.73 Å². The molecule has 154 valence electrons. The van der Waals surface area contributed by atoms with E-state index >= 15 is 0 Å². The van der Waals surface area contributed by atoms with Crippen LogP contribution in [0.5, 0.6) is 11.5 Å². The van der Waals surface area contributed by atoms with Gasteiger partial charge in [-0.1, -0.05) is 18.2 Å². The standard InChI is InChI=1S/C23H24N4O2S/c24-21(23(28)27-13-14-30-16-27)15-17-4-8-19(9-5-17)29-20-10-6-18(7-11-20)26-22-3-1-2-12-25-22/h1-12,21H,13-16,24H2,(H,25,26)/t21-/m0/s1. The molecule has 0 radical (unpaired) electrons. The molecule has 2 heterocycles. The Morgan fingerprint density at radius 3 is 2.47 bits per heavy atom. The van der Waals surface area contributed by atoms with Crippen molar-refractivity contribution >= 4 is 29.2 Å². The number of pyridine rings is 1. The Morgan fingerprint density at radius 2 is 1.83 bits per heavy atom. The normalized spacial score (nSPS) is 14.4. The Hall–Kier alpha value is -3.03. The van der Waals surface area contributed by atoms with E-state index in [0.29, 0.717) is 6.42 Å². The summed E-state index contributed by atoms with van der Waals surface area (Å²) >= 11 is 1.76. The summed E-state index contributed by atoms with van der Waals surface area (Å²) in [6.07, 6.45) is 2.27. The Balaban J connectivity index is 1.31. The van der Waals surface area contributed by atoms with Crippen molar-refractivity contribution in [3.8, 4) is 11.5 Å². The van der Waals surface area contributed by atoms with Gasteiger partial charge in [-0.15, -0.1) is 11.8 Å². The van der Waals surface area contributed by atoms with Gasteiger partial charge in [0.15, 0.2) is 0 Å². The molecule has 3 N–H and O–H groups in total. The van der Waals surface area contributed by atoms with E-state index in [9.17, 15) is 4.79 Å². The van der Waals surface area contributed by atoms with E-state index in [4.69, 9.17) is 10.5 Å². The van der Waals surface area contributed by atoms with Crippen LogP contribution in [0.25, 0.3) is 0 Å². The number of hydrogen-bond donors (Lipinski definition) is 2. The van der Waals surface area contributed by atoms with Crippen LogP contribution < -0.4 is 15.8 Å². The maximum Gasteiger partial charge on any atom is 0.240 e. The Bertz CT molecular complexity index is 959. The second-order valence-corrected chi connectivity index (χ2v) is 8.13. The number of carbonyl (C=O) groups is 1. The van der Waals surface area contributed by atoms with Crippen molar-refractivity contribution in [1.82, 2.24) is 9.88 Å². The van der Waals surface area contributed by atoms with E-state index < -0.39 is 6.04 Å². The minimum atomic E-state index is -0.505. The molecule has 1 atom stereocenters. The van der Waals surface area contributed by atoms with E-state index in [1.54, 1.807) is 18.0 Å². The van der Waals surface area contributed by atoms with Gasteiger partial charge in [-0.3, -0.25) is 4.79 Å². The summed E-state index contributed by atoms with van der Waals surface area (Å²) < 4.78 is 5.92. The highest BCUT2D eigenvalue weighted by molar-refractivity contribution is 7.99. The van der Waals surface area contributed by atoms with Crippen LogP contribution in [0.3, 0.4) is 0 Å². The Labute approximate surface area is 180 Å². The largest absolute Gasteiger partial charge is 0.457 e. The predicted octanol–water partition coefficient (Wildman–Crippen LogP) is 4.02. The lowest BCUT2D eigenvalue weighted by atomic mass is 10.1. The monoisotopic (exact) mass is 420 g/mol. The van der Waals surface area contributed by atoms with Crippen LogP contribution in [0.1, 0.15) is 5.56 Å². The number of thioether (sulfide) groups is 1. The molecule has 0 aliphatic carbocycles. The summed E-state index contributed by atoms with van der Waals surface area (Å²) in [6, 6.07) is 20.6. The van der Waals surface area contributed by atoms with Crippen LogP contribution in [0, 0.1) is 0 Å². The van der Waals surface area contributed by atoms with Gasteiger partial charge in [0.25, 0.3) is 0 Å². The molecule has 1 saturated heterocycles. The molecule has 1 amide bonds. The van der Waals surface area contributed by atoms with Crippen molar-refractivity contribution in [3.63, 3.8) is 0 Å². The molecule has 1 aromatic heterocycles. The Morgan fingerprint density at radius 1 is 1.10 bits per heavy atom. The first-order valence-corrected chi connectivity index (χ1v) is 11.0. The molecule has 1 fully saturated rings. The summed E-state index contributed by atoms with van der Waals surface area (Å²) in [7, 11) is 0. The van der Waals surface area contributed by atoms with Gasteiger partial charge in [0.1, 0.15) is 17.3 Å². The summed E-state index contributed by atoms with van der Waals surface area (Å²) in [4.78, 5) is 18.4. The third-order valence-corrected chi connectivity index (χ3v) is 5.75. The SMILES string of the molecule is N[C@@H](Cc1ccc(Oc2ccc(Nc3ccccn3)cc2)cc1)C(=O)N1CCSC1. The number of rotatable bonds is 7. The van der Waals surface area contributed by atoms with Crippen LogP contribution in [0.15, 0.2) is 72.9 Å². The first-order valence-electron chi connectivity index (χ1n) is 9.84. The summed E-state index contributed by atoms with van der Waals surface area (Å²) in [5.41, 5.74) is 8.07. The lowest BCUT2D eigenvalue weighted by Gasteiger charge is -2.19. The molecule has 3 aromatic rings. The van der Waals surface area contributed by atoms with Gasteiger partial charge in [-0.2, -0.15) is 0 Å². The molecule has 4 rings (SSSR count). The molecular weight excluding hydrogens is 396 g/mol. The fourth-order valence-electron chi connectivity index (χ4n) is 3.18. The highest BCUT2D eigenvalue weighted by Crippen LogP contribution is 2.25. The summed E-state index contributed by atoms with van der Waals surface area (Å²) in [6.45, 7) is 0.792. The minimum Gasteiger partial charge on any atom is -0.457 e. The fourth-order valence-corrected chi connectivity index (χ4v) is 4.14. The summed E-state index contributed by atoms with van der Waals surface area (Å²) in [5.74, 6) is 4.04. The van der Waals surface area contributed by atoms with Gasteiger partial charge < -0.3 is 20.7 Å². The van der Waals surface area contributed by atoms with E-state index in [0.717, 1.165) is 46.7 Å². The zero-order valence-electron chi connectivity index (χ0n) is 16.5. The van der Waals surface area contributed by atoms with Crippen LogP contribution in [-0.2, 0) is 11.2 Å². The number of nitrogens with zero attached hydrogens (tertiary/aromatic N) is 2. The van der Waals surface area contributed by atoms with Gasteiger partial charge in [0, 0.05) is 24.2 Å². The topological polar surface area (TPSA) is 80.5 Å². The van der Waals surface area contributed by atoms with Crippen molar-refractivity contribution in [2.45, 2.75) is 12.5 Å². The van der Waals surface area contributed by atoms with Crippen LogP contribution in [-0.4, -0.2) is 40.0 Å². The number of nitrogens with one attached hydrogen (secondary N) is 1. The van der Waals surface area contributed by atoms with Crippen molar-refractivity contribution < 1.29 is 9.53 Å². The average molecular weight is 421 g/mol. The number of aromatic nitrogens is 1. The van der Waals surface area contributed by atoms with Crippen molar-refractivity contribution in [2.75, 3.05) is 23.5 Å². The second-order valence-electron chi connectivity index (χ2n) is 7.06. The fraction of sp³-hybridized carbons (Fsp3) is 0.217. The van der Waals surface area contributed by atoms with E-state index in [-0.39, 0.29) is 5.91 Å². The lowest BCUT2D eigenvalue weighted by Crippen LogP contribution is -2.43. The predicted molar refractivity (Wildman–Crippen MR) is 121 cm³/mol. The highest BCUT2D eigenvalue weighted by atomic mass is 32.2. The first kappa shape index (κ1) is 20.3. The van der Waals surface area contributed by atoms with Gasteiger partial charge in [0.2, 0.25) is 5.91 Å². The molecule has 7 heteroatoms. The van der Waals surface area contributed by atoms with E-state index in [1.165, 1.54) is 0 Å². The average Bonchev–Trinajstić information content (AvgIpc) is 3.31. The van der Waals surface area contributed by atoms with Crippen LogP contribution in [0.2, 0.25) is 0 Å². The Kier molecular flexibility index (Phi) is 6.51. The molecule has 6 nitrogen and oxygen atoms in total. The zero-order valence-corrected chi connectivity index (χ0v) is 17.3. The molecule has 2 aromatic carbocycles. The third-order valence-electron chi connectivity index (χ3n) is 4.79. The van der Waals surface area contributed by atoms with Gasteiger partial charge >= 0.3 is 0 Å². The van der Waals surface area contributed by atoms with Crippen LogP contribution in [0.4, 0.5) is 11.5 Å². The maximum absolute atomic E-state index is 12.4. The first-order chi connectivity index (χ1) is 14.7. The molecule has 1 aliphatic rings. The third kappa shape index (κ3) is 5.31. The number of anilines is 2. The zero-order chi connectivity index (χ0) is 20.8. The van der Waals surface area contributed by atoms with Crippen molar-refractivity contribution in [3.05, 3.63) is 78.5 Å². The number of benzene rings is 2. The molecule has 0 bridgehead atoms. The number of ether oxygens (including phenoxy) is 1. The molecule has 0 unspecified atom stereocenters. The second kappa shape index (κ2) is 9.65. The van der Waals surface area contributed by atoms with Gasteiger partial charge in [0.05, 0.1) is 11.9 Å².